The molecule has 0 saturated heterocycles. The molecule has 0 aliphatic heterocycles. The first-order valence-corrected chi connectivity index (χ1v) is 7.65. The van der Waals surface area contributed by atoms with Crippen LogP contribution < -0.4 is 10.6 Å². The fraction of sp³-hybridized carbons (Fsp3) is 0.714. The zero-order chi connectivity index (χ0) is 15.3. The number of rotatable bonds is 6. The lowest BCUT2D eigenvalue weighted by molar-refractivity contribution is 0.0151. The fourth-order valence-corrected chi connectivity index (χ4v) is 2.74. The molecule has 20 heavy (non-hydrogen) atoms. The first kappa shape index (κ1) is 16.9. The molecular weight excluding hydrogens is 274 g/mol. The number of urea groups is 1. The number of nitrogens with one attached hydrogen (secondary N) is 2. The summed E-state index contributed by atoms with van der Waals surface area (Å²) in [6.45, 7) is 10.7. The van der Waals surface area contributed by atoms with Crippen molar-refractivity contribution in [2.24, 2.45) is 11.3 Å². The van der Waals surface area contributed by atoms with E-state index in [2.05, 4.69) is 15.6 Å². The smallest absolute Gasteiger partial charge is 0.315 e. The molecule has 0 spiro atoms. The van der Waals surface area contributed by atoms with Gasteiger partial charge in [-0.1, -0.05) is 27.7 Å². The maximum Gasteiger partial charge on any atom is 0.315 e. The normalized spacial score (nSPS) is 13.3. The van der Waals surface area contributed by atoms with Gasteiger partial charge in [0.1, 0.15) is 5.01 Å². The third-order valence-corrected chi connectivity index (χ3v) is 4.12. The number of amides is 2. The number of aliphatic hydroxyl groups is 1. The Bertz CT molecular complexity index is 443. The van der Waals surface area contributed by atoms with Crippen molar-refractivity contribution in [2.45, 2.75) is 47.3 Å². The van der Waals surface area contributed by atoms with Crippen molar-refractivity contribution in [1.82, 2.24) is 15.6 Å². The van der Waals surface area contributed by atoms with Gasteiger partial charge in [0.15, 0.2) is 0 Å². The quantitative estimate of drug-likeness (QED) is 0.754. The minimum absolute atomic E-state index is 0.160. The minimum atomic E-state index is -0.454. The van der Waals surface area contributed by atoms with Crippen molar-refractivity contribution in [1.29, 1.82) is 0 Å². The van der Waals surface area contributed by atoms with Gasteiger partial charge in [0, 0.05) is 23.0 Å². The van der Waals surface area contributed by atoms with Crippen molar-refractivity contribution in [3.8, 4) is 0 Å². The van der Waals surface area contributed by atoms with Crippen LogP contribution in [0.25, 0.3) is 0 Å². The highest BCUT2D eigenvalue weighted by molar-refractivity contribution is 7.11. The van der Waals surface area contributed by atoms with Crippen molar-refractivity contribution < 1.29 is 9.90 Å². The minimum Gasteiger partial charge on any atom is -0.392 e. The van der Waals surface area contributed by atoms with Crippen LogP contribution in [0.3, 0.4) is 0 Å². The molecule has 0 fully saturated rings. The highest BCUT2D eigenvalue weighted by Gasteiger charge is 2.30. The van der Waals surface area contributed by atoms with Crippen LogP contribution >= 0.6 is 11.3 Å². The van der Waals surface area contributed by atoms with Crippen molar-refractivity contribution in [3.63, 3.8) is 0 Å². The Hall–Kier alpha value is -1.14. The average Bonchev–Trinajstić information content (AvgIpc) is 2.78. The molecule has 0 saturated carbocycles. The van der Waals surface area contributed by atoms with E-state index in [1.807, 2.05) is 34.6 Å². The number of thiazole rings is 1. The maximum atomic E-state index is 11.7. The summed E-state index contributed by atoms with van der Waals surface area (Å²) in [5.41, 5.74) is -0.358. The number of hydrogen-bond donors (Lipinski definition) is 3. The van der Waals surface area contributed by atoms with Crippen LogP contribution in [-0.4, -0.2) is 28.8 Å². The molecule has 114 valence electrons. The number of carbonyl (C=O) groups excluding carboxylic acids is 1. The van der Waals surface area contributed by atoms with Gasteiger partial charge < -0.3 is 15.7 Å². The third-order valence-electron chi connectivity index (χ3n) is 3.21. The predicted octanol–water partition coefficient (Wildman–Crippen LogP) is 2.29. The van der Waals surface area contributed by atoms with E-state index < -0.39 is 6.10 Å². The molecular formula is C14H25N3O2S. The Kier molecular flexibility index (Phi) is 5.95. The number of hydrogen-bond acceptors (Lipinski definition) is 4. The van der Waals surface area contributed by atoms with Crippen molar-refractivity contribution in [3.05, 3.63) is 16.1 Å². The van der Waals surface area contributed by atoms with Gasteiger partial charge in [0.2, 0.25) is 0 Å². The third kappa shape index (κ3) is 5.09. The molecule has 1 aromatic rings. The fourth-order valence-electron chi connectivity index (χ4n) is 2.02. The molecule has 0 aromatic carbocycles. The van der Waals surface area contributed by atoms with Crippen LogP contribution in [0.5, 0.6) is 0 Å². The standard InChI is InChI=1S/C14H25N3O2S/c1-9(2)12(18)14(4,5)8-17-13(19)16-7-11-15-6-10(3)20-11/h6,9,12,18H,7-8H2,1-5H3,(H2,16,17,19). The van der Waals surface area contributed by atoms with E-state index in [4.69, 9.17) is 0 Å². The van der Waals surface area contributed by atoms with Gasteiger partial charge in [-0.25, -0.2) is 9.78 Å². The second kappa shape index (κ2) is 7.04. The van der Waals surface area contributed by atoms with E-state index in [1.54, 1.807) is 17.5 Å². The first-order chi connectivity index (χ1) is 9.22. The molecule has 5 nitrogen and oxygen atoms in total. The van der Waals surface area contributed by atoms with E-state index in [-0.39, 0.29) is 17.4 Å². The Morgan fingerprint density at radius 3 is 2.60 bits per heavy atom. The van der Waals surface area contributed by atoms with Gasteiger partial charge in [-0.15, -0.1) is 11.3 Å². The second-order valence-corrected chi connectivity index (χ2v) is 7.40. The van der Waals surface area contributed by atoms with E-state index >= 15 is 0 Å². The van der Waals surface area contributed by atoms with Gasteiger partial charge in [-0.3, -0.25) is 0 Å². The molecule has 0 aliphatic rings. The predicted molar refractivity (Wildman–Crippen MR) is 81.7 cm³/mol. The summed E-state index contributed by atoms with van der Waals surface area (Å²) in [7, 11) is 0. The van der Waals surface area contributed by atoms with Gasteiger partial charge in [0.05, 0.1) is 12.6 Å². The molecule has 0 bridgehead atoms. The largest absolute Gasteiger partial charge is 0.392 e. The molecule has 0 aliphatic carbocycles. The molecule has 1 rings (SSSR count). The summed E-state index contributed by atoms with van der Waals surface area (Å²) < 4.78 is 0. The molecule has 1 heterocycles. The Morgan fingerprint density at radius 1 is 1.45 bits per heavy atom. The van der Waals surface area contributed by atoms with Gasteiger partial charge >= 0.3 is 6.03 Å². The highest BCUT2D eigenvalue weighted by atomic mass is 32.1. The van der Waals surface area contributed by atoms with Crippen LogP contribution in [-0.2, 0) is 6.54 Å². The number of nitrogens with zero attached hydrogens (tertiary/aromatic N) is 1. The lowest BCUT2D eigenvalue weighted by atomic mass is 9.81. The highest BCUT2D eigenvalue weighted by Crippen LogP contribution is 2.24. The first-order valence-electron chi connectivity index (χ1n) is 6.83. The van der Waals surface area contributed by atoms with Gasteiger partial charge in [-0.05, 0) is 12.8 Å². The Balaban J connectivity index is 2.36. The average molecular weight is 299 g/mol. The zero-order valence-corrected chi connectivity index (χ0v) is 13.7. The van der Waals surface area contributed by atoms with Crippen LogP contribution in [0, 0.1) is 18.3 Å². The molecule has 1 aromatic heterocycles. The van der Waals surface area contributed by atoms with Crippen molar-refractivity contribution >= 4 is 17.4 Å². The van der Waals surface area contributed by atoms with Gasteiger partial charge in [0.25, 0.3) is 0 Å². The number of aryl methyl sites for hydroxylation is 1. The second-order valence-electron chi connectivity index (χ2n) is 6.08. The monoisotopic (exact) mass is 299 g/mol. The van der Waals surface area contributed by atoms with E-state index in [1.165, 1.54) is 0 Å². The summed E-state index contributed by atoms with van der Waals surface area (Å²) in [4.78, 5) is 17.0. The van der Waals surface area contributed by atoms with Crippen LogP contribution in [0.4, 0.5) is 4.79 Å². The topological polar surface area (TPSA) is 74.2 Å². The Labute approximate surface area is 124 Å². The van der Waals surface area contributed by atoms with Crippen LogP contribution in [0.2, 0.25) is 0 Å². The van der Waals surface area contributed by atoms with E-state index in [0.717, 1.165) is 9.88 Å². The number of aliphatic hydroxyl groups excluding tert-OH is 1. The summed E-state index contributed by atoms with van der Waals surface area (Å²) >= 11 is 1.57. The summed E-state index contributed by atoms with van der Waals surface area (Å²) in [6.07, 6.45) is 1.34. The lowest BCUT2D eigenvalue weighted by Crippen LogP contribution is -2.46. The zero-order valence-electron chi connectivity index (χ0n) is 12.9. The van der Waals surface area contributed by atoms with E-state index in [9.17, 15) is 9.90 Å². The van der Waals surface area contributed by atoms with Crippen LogP contribution in [0.1, 0.15) is 37.6 Å². The molecule has 6 heteroatoms. The molecule has 0 radical (unpaired) electrons. The SMILES string of the molecule is Cc1cnc(CNC(=O)NCC(C)(C)C(O)C(C)C)s1. The van der Waals surface area contributed by atoms with Gasteiger partial charge in [-0.2, -0.15) is 0 Å². The number of carbonyl (C=O) groups is 1. The summed E-state index contributed by atoms with van der Waals surface area (Å²) in [6, 6.07) is -0.234. The molecule has 3 N–H and O–H groups in total. The van der Waals surface area contributed by atoms with Crippen LogP contribution in [0.15, 0.2) is 6.20 Å². The Morgan fingerprint density at radius 2 is 2.10 bits per heavy atom. The summed E-state index contributed by atoms with van der Waals surface area (Å²) in [5.74, 6) is 0.160. The lowest BCUT2D eigenvalue weighted by Gasteiger charge is -2.33. The van der Waals surface area contributed by atoms with E-state index in [0.29, 0.717) is 13.1 Å². The molecule has 1 unspecified atom stereocenters. The number of aromatic nitrogens is 1. The van der Waals surface area contributed by atoms with Crippen molar-refractivity contribution in [2.75, 3.05) is 6.54 Å². The molecule has 2 amide bonds. The summed E-state index contributed by atoms with van der Waals surface area (Å²) in [5, 5.41) is 16.6. The maximum absolute atomic E-state index is 11.7. The molecule has 1 atom stereocenters.